The van der Waals surface area contributed by atoms with E-state index in [-0.39, 0.29) is 5.54 Å². The van der Waals surface area contributed by atoms with Crippen molar-refractivity contribution in [2.24, 2.45) is 17.4 Å². The number of anilines is 1. The topological polar surface area (TPSA) is 94.0 Å². The zero-order valence-corrected chi connectivity index (χ0v) is 12.3. The van der Waals surface area contributed by atoms with Crippen molar-refractivity contribution in [2.45, 2.75) is 45.1 Å². The standard InChI is InChI=1S/C15H24N4O/c1-10-6-8-18-14(12(10)13(17)20)19-15(9-16)7-4-3-5-11(15)2/h6,8,11H,3-5,7,9,16H2,1-2H3,(H2,17,20)(H,18,19). The van der Waals surface area contributed by atoms with Gasteiger partial charge in [-0.25, -0.2) is 4.98 Å². The molecule has 1 aromatic heterocycles. The summed E-state index contributed by atoms with van der Waals surface area (Å²) < 4.78 is 0. The fourth-order valence-corrected chi connectivity index (χ4v) is 3.15. The van der Waals surface area contributed by atoms with Gasteiger partial charge in [-0.05, 0) is 37.3 Å². The molecule has 110 valence electrons. The number of nitrogens with one attached hydrogen (secondary N) is 1. The molecule has 1 heterocycles. The lowest BCUT2D eigenvalue weighted by Crippen LogP contribution is -2.53. The number of nitrogens with two attached hydrogens (primary N) is 2. The molecule has 1 amide bonds. The van der Waals surface area contributed by atoms with Crippen LogP contribution in [0.4, 0.5) is 5.82 Å². The van der Waals surface area contributed by atoms with Crippen LogP contribution in [0.5, 0.6) is 0 Å². The van der Waals surface area contributed by atoms with Crippen LogP contribution in [0.25, 0.3) is 0 Å². The Morgan fingerprint density at radius 3 is 2.90 bits per heavy atom. The smallest absolute Gasteiger partial charge is 0.252 e. The number of rotatable bonds is 4. The van der Waals surface area contributed by atoms with Crippen LogP contribution in [0, 0.1) is 12.8 Å². The minimum absolute atomic E-state index is 0.191. The number of hydrogen-bond acceptors (Lipinski definition) is 4. The van der Waals surface area contributed by atoms with E-state index < -0.39 is 5.91 Å². The predicted octanol–water partition coefficient (Wildman–Crippen LogP) is 1.81. The first kappa shape index (κ1) is 14.8. The highest BCUT2D eigenvalue weighted by molar-refractivity contribution is 5.99. The van der Waals surface area contributed by atoms with E-state index in [4.69, 9.17) is 11.5 Å². The highest BCUT2D eigenvalue weighted by atomic mass is 16.1. The first-order valence-electron chi connectivity index (χ1n) is 7.24. The molecular formula is C15H24N4O. The van der Waals surface area contributed by atoms with E-state index >= 15 is 0 Å². The van der Waals surface area contributed by atoms with E-state index in [0.717, 1.165) is 24.8 Å². The summed E-state index contributed by atoms with van der Waals surface area (Å²) in [7, 11) is 0. The summed E-state index contributed by atoms with van der Waals surface area (Å²) >= 11 is 0. The van der Waals surface area contributed by atoms with Crippen molar-refractivity contribution in [3.05, 3.63) is 23.4 Å². The minimum Gasteiger partial charge on any atom is -0.365 e. The van der Waals surface area contributed by atoms with Crippen LogP contribution in [0.15, 0.2) is 12.3 Å². The van der Waals surface area contributed by atoms with Gasteiger partial charge in [0.15, 0.2) is 0 Å². The van der Waals surface area contributed by atoms with Gasteiger partial charge < -0.3 is 16.8 Å². The first-order chi connectivity index (χ1) is 9.50. The molecule has 1 saturated carbocycles. The minimum atomic E-state index is -0.450. The van der Waals surface area contributed by atoms with Crippen molar-refractivity contribution >= 4 is 11.7 Å². The summed E-state index contributed by atoms with van der Waals surface area (Å²) in [6.07, 6.45) is 6.21. The summed E-state index contributed by atoms with van der Waals surface area (Å²) in [6.45, 7) is 4.60. The Morgan fingerprint density at radius 2 is 2.30 bits per heavy atom. The SMILES string of the molecule is Cc1ccnc(NC2(CN)CCCCC2C)c1C(N)=O. The van der Waals surface area contributed by atoms with Gasteiger partial charge in [0.1, 0.15) is 5.82 Å². The Bertz CT molecular complexity index is 503. The number of primary amides is 1. The molecular weight excluding hydrogens is 252 g/mol. The quantitative estimate of drug-likeness (QED) is 0.781. The molecule has 20 heavy (non-hydrogen) atoms. The monoisotopic (exact) mass is 276 g/mol. The maximum Gasteiger partial charge on any atom is 0.252 e. The second-order valence-corrected chi connectivity index (χ2v) is 5.85. The fraction of sp³-hybridized carbons (Fsp3) is 0.600. The van der Waals surface area contributed by atoms with Crippen LogP contribution in [-0.2, 0) is 0 Å². The summed E-state index contributed by atoms with van der Waals surface area (Å²) in [6, 6.07) is 1.80. The maximum absolute atomic E-state index is 11.7. The average Bonchev–Trinajstić information content (AvgIpc) is 2.41. The molecule has 1 aliphatic rings. The third-order valence-corrected chi connectivity index (χ3v) is 4.59. The van der Waals surface area contributed by atoms with Gasteiger partial charge in [-0.2, -0.15) is 0 Å². The molecule has 0 radical (unpaired) electrons. The van der Waals surface area contributed by atoms with Gasteiger partial charge in [-0.1, -0.05) is 19.8 Å². The van der Waals surface area contributed by atoms with Crippen molar-refractivity contribution in [3.63, 3.8) is 0 Å². The van der Waals surface area contributed by atoms with Gasteiger partial charge in [0.2, 0.25) is 0 Å². The number of carbonyl (C=O) groups excluding carboxylic acids is 1. The summed E-state index contributed by atoms with van der Waals surface area (Å²) in [5.41, 5.74) is 12.6. The van der Waals surface area contributed by atoms with Crippen molar-refractivity contribution in [2.75, 3.05) is 11.9 Å². The van der Waals surface area contributed by atoms with E-state index in [1.165, 1.54) is 6.42 Å². The molecule has 0 spiro atoms. The highest BCUT2D eigenvalue weighted by Crippen LogP contribution is 2.36. The number of aryl methyl sites for hydroxylation is 1. The molecule has 0 saturated heterocycles. The Morgan fingerprint density at radius 1 is 1.55 bits per heavy atom. The number of aromatic nitrogens is 1. The molecule has 1 fully saturated rings. The van der Waals surface area contributed by atoms with E-state index in [9.17, 15) is 4.79 Å². The number of hydrogen-bond donors (Lipinski definition) is 3. The normalized spacial score (nSPS) is 26.2. The van der Waals surface area contributed by atoms with Crippen molar-refractivity contribution in [1.29, 1.82) is 0 Å². The van der Waals surface area contributed by atoms with Gasteiger partial charge in [0.05, 0.1) is 11.1 Å². The van der Waals surface area contributed by atoms with E-state index in [0.29, 0.717) is 23.8 Å². The second-order valence-electron chi connectivity index (χ2n) is 5.85. The molecule has 1 aromatic rings. The largest absolute Gasteiger partial charge is 0.365 e. The van der Waals surface area contributed by atoms with Gasteiger partial charge in [0.25, 0.3) is 5.91 Å². The maximum atomic E-state index is 11.7. The van der Waals surface area contributed by atoms with Crippen molar-refractivity contribution < 1.29 is 4.79 Å². The molecule has 1 aliphatic carbocycles. The molecule has 0 aromatic carbocycles. The summed E-state index contributed by atoms with van der Waals surface area (Å²) in [4.78, 5) is 16.0. The lowest BCUT2D eigenvalue weighted by Gasteiger charge is -2.43. The Labute approximate surface area is 120 Å². The Balaban J connectivity index is 2.37. The molecule has 5 heteroatoms. The van der Waals surface area contributed by atoms with Gasteiger partial charge in [-0.3, -0.25) is 4.79 Å². The van der Waals surface area contributed by atoms with Crippen LogP contribution in [0.1, 0.15) is 48.5 Å². The van der Waals surface area contributed by atoms with E-state index in [2.05, 4.69) is 17.2 Å². The van der Waals surface area contributed by atoms with Crippen LogP contribution in [-0.4, -0.2) is 23.0 Å². The highest BCUT2D eigenvalue weighted by Gasteiger charge is 2.38. The van der Waals surface area contributed by atoms with Crippen LogP contribution >= 0.6 is 0 Å². The summed E-state index contributed by atoms with van der Waals surface area (Å²) in [5, 5.41) is 3.45. The molecule has 0 aliphatic heterocycles. The van der Waals surface area contributed by atoms with Gasteiger partial charge in [-0.15, -0.1) is 0 Å². The fourth-order valence-electron chi connectivity index (χ4n) is 3.15. The van der Waals surface area contributed by atoms with Gasteiger partial charge >= 0.3 is 0 Å². The van der Waals surface area contributed by atoms with Crippen LogP contribution in [0.3, 0.4) is 0 Å². The molecule has 2 rings (SSSR count). The average molecular weight is 276 g/mol. The number of amides is 1. The molecule has 0 bridgehead atoms. The third-order valence-electron chi connectivity index (χ3n) is 4.59. The molecule has 2 unspecified atom stereocenters. The van der Waals surface area contributed by atoms with Crippen LogP contribution < -0.4 is 16.8 Å². The first-order valence-corrected chi connectivity index (χ1v) is 7.24. The zero-order valence-electron chi connectivity index (χ0n) is 12.3. The third kappa shape index (κ3) is 2.63. The number of carbonyl (C=O) groups is 1. The molecule has 2 atom stereocenters. The van der Waals surface area contributed by atoms with Crippen LogP contribution in [0.2, 0.25) is 0 Å². The predicted molar refractivity (Wildman–Crippen MR) is 80.5 cm³/mol. The second kappa shape index (κ2) is 5.79. The van der Waals surface area contributed by atoms with E-state index in [1.807, 2.05) is 6.92 Å². The lowest BCUT2D eigenvalue weighted by atomic mass is 9.73. The zero-order chi connectivity index (χ0) is 14.8. The van der Waals surface area contributed by atoms with Crippen molar-refractivity contribution in [1.82, 2.24) is 4.98 Å². The van der Waals surface area contributed by atoms with E-state index in [1.54, 1.807) is 12.3 Å². The Kier molecular flexibility index (Phi) is 4.28. The van der Waals surface area contributed by atoms with Crippen molar-refractivity contribution in [3.8, 4) is 0 Å². The number of nitrogens with zero attached hydrogens (tertiary/aromatic N) is 1. The number of pyridine rings is 1. The Hall–Kier alpha value is -1.62. The molecule has 5 nitrogen and oxygen atoms in total. The lowest BCUT2D eigenvalue weighted by molar-refractivity contribution is 0.1000. The van der Waals surface area contributed by atoms with Gasteiger partial charge in [0, 0.05) is 12.7 Å². The molecule has 5 N–H and O–H groups in total. The summed E-state index contributed by atoms with van der Waals surface area (Å²) in [5.74, 6) is 0.565.